The van der Waals surface area contributed by atoms with Crippen LogP contribution in [-0.2, 0) is 15.0 Å². The number of carbonyl (C=O) groups is 2. The fourth-order valence-electron chi connectivity index (χ4n) is 7.86. The van der Waals surface area contributed by atoms with Crippen LogP contribution in [0.4, 0.5) is 34.1 Å². The van der Waals surface area contributed by atoms with Crippen LogP contribution in [-0.4, -0.2) is 11.8 Å². The van der Waals surface area contributed by atoms with Crippen molar-refractivity contribution in [2.24, 2.45) is 20.5 Å². The van der Waals surface area contributed by atoms with Crippen LogP contribution in [0.5, 0.6) is 23.0 Å². The molecule has 8 aromatic carbocycles. The lowest BCUT2D eigenvalue weighted by Crippen LogP contribution is -2.28. The number of hydrogen-bond acceptors (Lipinski definition) is 8. The maximum Gasteiger partial charge on any atom is 0.221 e. The standard InChI is InChI=1S/C53H40N6O4/c1-35(60)54-39-15-19-41(20-16-39)56-58-43-23-31-47(32-24-43)62-45-27-11-37(12-28-45)53(51-9-5-3-7-49(51)50-8-4-6-10-52(50)53)38-13-29-46(30-14-38)63-48-33-25-44(26-34-48)59-57-42-21-17-40(18-22-42)55-36(2)61/h3-34H,1-2H3,(H,54,60)(H,55,61). The predicted molar refractivity (Wildman–Crippen MR) is 247 cm³/mol. The monoisotopic (exact) mass is 824 g/mol. The normalized spacial score (nSPS) is 12.4. The second-order valence-corrected chi connectivity index (χ2v) is 14.9. The van der Waals surface area contributed by atoms with Gasteiger partial charge in [-0.25, -0.2) is 0 Å². The number of nitrogens with zero attached hydrogens (tertiary/aromatic N) is 4. The molecule has 0 saturated heterocycles. The van der Waals surface area contributed by atoms with Crippen molar-refractivity contribution < 1.29 is 19.1 Å². The van der Waals surface area contributed by atoms with Gasteiger partial charge in [-0.3, -0.25) is 9.59 Å². The molecule has 0 unspecified atom stereocenters. The molecule has 63 heavy (non-hydrogen) atoms. The summed E-state index contributed by atoms with van der Waals surface area (Å²) in [6, 6.07) is 63.2. The summed E-state index contributed by atoms with van der Waals surface area (Å²) in [7, 11) is 0. The lowest BCUT2D eigenvalue weighted by Gasteiger charge is -2.34. The Hall–Kier alpha value is -8.50. The number of carbonyl (C=O) groups excluding carboxylic acids is 2. The van der Waals surface area contributed by atoms with Crippen LogP contribution in [0.1, 0.15) is 36.1 Å². The Kier molecular flexibility index (Phi) is 11.2. The highest BCUT2D eigenvalue weighted by Crippen LogP contribution is 2.56. The molecule has 0 fully saturated rings. The van der Waals surface area contributed by atoms with Crippen molar-refractivity contribution in [3.8, 4) is 34.1 Å². The van der Waals surface area contributed by atoms with Crippen LogP contribution >= 0.6 is 0 Å². The molecule has 9 rings (SSSR count). The lowest BCUT2D eigenvalue weighted by atomic mass is 9.68. The zero-order chi connectivity index (χ0) is 43.2. The summed E-state index contributed by atoms with van der Waals surface area (Å²) in [5, 5.41) is 22.8. The van der Waals surface area contributed by atoms with Gasteiger partial charge in [-0.1, -0.05) is 72.8 Å². The fourth-order valence-corrected chi connectivity index (χ4v) is 7.86. The number of rotatable bonds is 12. The predicted octanol–water partition coefficient (Wildman–Crippen LogP) is 14.4. The average molecular weight is 825 g/mol. The van der Waals surface area contributed by atoms with Crippen LogP contribution in [0.25, 0.3) is 11.1 Å². The molecule has 8 aromatic rings. The van der Waals surface area contributed by atoms with Gasteiger partial charge in [0.1, 0.15) is 23.0 Å². The van der Waals surface area contributed by atoms with Crippen LogP contribution in [0.2, 0.25) is 0 Å². The molecule has 0 spiro atoms. The summed E-state index contributed by atoms with van der Waals surface area (Å²) < 4.78 is 12.6. The Bertz CT molecular complexity index is 2760. The third-order valence-corrected chi connectivity index (χ3v) is 10.6. The summed E-state index contributed by atoms with van der Waals surface area (Å²) >= 11 is 0. The van der Waals surface area contributed by atoms with Crippen LogP contribution < -0.4 is 20.1 Å². The quantitative estimate of drug-likeness (QED) is 0.119. The lowest BCUT2D eigenvalue weighted by molar-refractivity contribution is -0.115. The third kappa shape index (κ3) is 8.73. The molecule has 0 radical (unpaired) electrons. The molecule has 0 atom stereocenters. The van der Waals surface area contributed by atoms with E-state index in [2.05, 4.69) is 104 Å². The van der Waals surface area contributed by atoms with Gasteiger partial charge in [-0.2, -0.15) is 20.5 Å². The first-order valence-electron chi connectivity index (χ1n) is 20.4. The summed E-state index contributed by atoms with van der Waals surface area (Å²) in [4.78, 5) is 22.6. The average Bonchev–Trinajstić information content (AvgIpc) is 3.61. The molecule has 0 saturated carbocycles. The maximum absolute atomic E-state index is 11.3. The minimum absolute atomic E-state index is 0.127. The highest BCUT2D eigenvalue weighted by Gasteiger charge is 2.45. The summed E-state index contributed by atoms with van der Waals surface area (Å²) in [6.45, 7) is 2.94. The zero-order valence-electron chi connectivity index (χ0n) is 34.4. The number of benzene rings is 8. The number of fused-ring (bicyclic) bond motifs is 3. The number of ether oxygens (including phenoxy) is 2. The van der Waals surface area contributed by atoms with Crippen LogP contribution in [0, 0.1) is 0 Å². The third-order valence-electron chi connectivity index (χ3n) is 10.6. The molecule has 0 bridgehead atoms. The zero-order valence-corrected chi connectivity index (χ0v) is 34.4. The van der Waals surface area contributed by atoms with E-state index in [1.165, 1.54) is 36.1 Å². The van der Waals surface area contributed by atoms with Gasteiger partial charge in [0.05, 0.1) is 28.2 Å². The molecule has 2 amide bonds. The molecule has 10 nitrogen and oxygen atoms in total. The van der Waals surface area contributed by atoms with Crippen molar-refractivity contribution >= 4 is 45.9 Å². The van der Waals surface area contributed by atoms with Gasteiger partial charge in [0.2, 0.25) is 11.8 Å². The van der Waals surface area contributed by atoms with Gasteiger partial charge in [-0.15, -0.1) is 0 Å². The number of hydrogen-bond donors (Lipinski definition) is 2. The fraction of sp³-hybridized carbons (Fsp3) is 0.0566. The molecular formula is C53H40N6O4. The Morgan fingerprint density at radius 2 is 0.667 bits per heavy atom. The van der Waals surface area contributed by atoms with Crippen molar-refractivity contribution in [1.29, 1.82) is 0 Å². The van der Waals surface area contributed by atoms with E-state index < -0.39 is 5.41 Å². The Labute approximate surface area is 364 Å². The van der Waals surface area contributed by atoms with E-state index >= 15 is 0 Å². The van der Waals surface area contributed by atoms with E-state index in [9.17, 15) is 9.59 Å². The van der Waals surface area contributed by atoms with Crippen molar-refractivity contribution in [3.05, 3.63) is 216 Å². The van der Waals surface area contributed by atoms with Crippen molar-refractivity contribution in [1.82, 2.24) is 0 Å². The van der Waals surface area contributed by atoms with E-state index in [1.54, 1.807) is 48.5 Å². The minimum Gasteiger partial charge on any atom is -0.457 e. The topological polar surface area (TPSA) is 126 Å². The Balaban J connectivity index is 0.931. The van der Waals surface area contributed by atoms with Crippen molar-refractivity contribution in [2.75, 3.05) is 10.6 Å². The summed E-state index contributed by atoms with van der Waals surface area (Å²) in [5.41, 5.74) is 10.5. The van der Waals surface area contributed by atoms with E-state index in [4.69, 9.17) is 9.47 Å². The molecule has 1 aliphatic rings. The first-order valence-corrected chi connectivity index (χ1v) is 20.4. The highest BCUT2D eigenvalue weighted by molar-refractivity contribution is 5.89. The van der Waals surface area contributed by atoms with Crippen LogP contribution in [0.3, 0.4) is 0 Å². The minimum atomic E-state index is -0.599. The highest BCUT2D eigenvalue weighted by atomic mass is 16.5. The van der Waals surface area contributed by atoms with E-state index in [0.717, 1.165) is 11.1 Å². The maximum atomic E-state index is 11.3. The SMILES string of the molecule is CC(=O)Nc1ccc(N=Nc2ccc(Oc3ccc(C4(c5ccc(Oc6ccc(N=Nc7ccc(NC(C)=O)cc7)cc6)cc5)c5ccccc5-c5ccccc54)cc3)cc2)cc1. The van der Waals surface area contributed by atoms with Crippen molar-refractivity contribution in [2.45, 2.75) is 19.3 Å². The van der Waals surface area contributed by atoms with Crippen LogP contribution in [0.15, 0.2) is 215 Å². The Morgan fingerprint density at radius 3 is 0.984 bits per heavy atom. The second-order valence-electron chi connectivity index (χ2n) is 14.9. The molecule has 0 aromatic heterocycles. The molecule has 306 valence electrons. The van der Waals surface area contributed by atoms with Crippen molar-refractivity contribution in [3.63, 3.8) is 0 Å². The van der Waals surface area contributed by atoms with Gasteiger partial charge < -0.3 is 20.1 Å². The number of amides is 2. The van der Waals surface area contributed by atoms with Gasteiger partial charge >= 0.3 is 0 Å². The second kappa shape index (κ2) is 17.6. The molecule has 0 aliphatic heterocycles. The van der Waals surface area contributed by atoms with E-state index in [-0.39, 0.29) is 11.8 Å². The molecular weight excluding hydrogens is 785 g/mol. The first-order chi connectivity index (χ1) is 30.8. The molecule has 1 aliphatic carbocycles. The van der Waals surface area contributed by atoms with Gasteiger partial charge in [-0.05, 0) is 155 Å². The summed E-state index contributed by atoms with van der Waals surface area (Å²) in [6.07, 6.45) is 0. The number of nitrogens with one attached hydrogen (secondary N) is 2. The van der Waals surface area contributed by atoms with E-state index in [1.807, 2.05) is 72.8 Å². The first kappa shape index (κ1) is 39.9. The Morgan fingerprint density at radius 1 is 0.381 bits per heavy atom. The largest absolute Gasteiger partial charge is 0.457 e. The summed E-state index contributed by atoms with van der Waals surface area (Å²) in [5.74, 6) is 2.51. The molecule has 0 heterocycles. The van der Waals surface area contributed by atoms with Gasteiger partial charge in [0, 0.05) is 25.2 Å². The van der Waals surface area contributed by atoms with Gasteiger partial charge in [0.15, 0.2) is 0 Å². The molecule has 10 heteroatoms. The number of anilines is 2. The molecule has 2 N–H and O–H groups in total. The van der Waals surface area contributed by atoms with E-state index in [0.29, 0.717) is 57.1 Å². The smallest absolute Gasteiger partial charge is 0.221 e. The number of azo groups is 2. The van der Waals surface area contributed by atoms with Gasteiger partial charge in [0.25, 0.3) is 0 Å².